The lowest BCUT2D eigenvalue weighted by atomic mass is 9.58. The topological polar surface area (TPSA) is 43.2 Å². The van der Waals surface area contributed by atoms with Gasteiger partial charge in [-0.1, -0.05) is 163 Å². The molecule has 4 nitrogen and oxygen atoms in total. The Morgan fingerprint density at radius 2 is 1.18 bits per heavy atom. The van der Waals surface area contributed by atoms with Gasteiger partial charge in [-0.25, -0.2) is 0 Å². The van der Waals surface area contributed by atoms with Gasteiger partial charge >= 0.3 is 0 Å². The van der Waals surface area contributed by atoms with Crippen molar-refractivity contribution in [3.63, 3.8) is 0 Å². The molecule has 15 rings (SSSR count). The zero-order chi connectivity index (χ0) is 50.0. The summed E-state index contributed by atoms with van der Waals surface area (Å²) >= 11 is 1.88. The Kier molecular flexibility index (Phi) is 9.09. The van der Waals surface area contributed by atoms with E-state index < -0.39 is 0 Å². The molecule has 0 fully saturated rings. The number of hydrogen-bond donors (Lipinski definition) is 1. The van der Waals surface area contributed by atoms with E-state index in [1.807, 2.05) is 11.3 Å². The molecule has 4 aromatic heterocycles. The first-order valence-corrected chi connectivity index (χ1v) is 27.0. The number of fused-ring (bicyclic) bond motifs is 13. The molecular formula is C68H54BN2O2S. The number of nitrogens with zero attached hydrogens (tertiary/aromatic N) is 1. The van der Waals surface area contributed by atoms with Crippen molar-refractivity contribution in [1.29, 1.82) is 0 Å². The van der Waals surface area contributed by atoms with Crippen LogP contribution in [-0.2, 0) is 16.2 Å². The van der Waals surface area contributed by atoms with E-state index in [0.717, 1.165) is 96.5 Å². The number of hydrogen-bond acceptors (Lipinski definition) is 4. The first kappa shape index (κ1) is 43.8. The van der Waals surface area contributed by atoms with Gasteiger partial charge in [0.15, 0.2) is 7.28 Å². The molecule has 0 unspecified atom stereocenters. The largest absolute Gasteiger partial charge is 0.456 e. The lowest BCUT2D eigenvalue weighted by Gasteiger charge is -2.41. The molecule has 1 N–H and O–H groups in total. The summed E-state index contributed by atoms with van der Waals surface area (Å²) in [6.07, 6.45) is 2.30. The number of furan rings is 2. The third-order valence-electron chi connectivity index (χ3n) is 16.8. The molecule has 0 bridgehead atoms. The van der Waals surface area contributed by atoms with Gasteiger partial charge in [0.2, 0.25) is 0 Å². The van der Waals surface area contributed by atoms with Gasteiger partial charge in [-0.3, -0.25) is 0 Å². The van der Waals surface area contributed by atoms with Crippen LogP contribution in [0.25, 0.3) is 114 Å². The van der Waals surface area contributed by atoms with E-state index >= 15 is 0 Å². The maximum Gasteiger partial charge on any atom is 0.197 e. The van der Waals surface area contributed by atoms with Gasteiger partial charge in [-0.15, -0.1) is 11.3 Å². The Morgan fingerprint density at radius 1 is 0.527 bits per heavy atom. The lowest BCUT2D eigenvalue weighted by Crippen LogP contribution is -2.37. The van der Waals surface area contributed by atoms with Crippen LogP contribution < -0.4 is 16.2 Å². The summed E-state index contributed by atoms with van der Waals surface area (Å²) in [6, 6.07) is 62.9. The van der Waals surface area contributed by atoms with Gasteiger partial charge < -0.3 is 18.7 Å². The van der Waals surface area contributed by atoms with E-state index in [1.165, 1.54) is 69.5 Å². The Morgan fingerprint density at radius 3 is 1.89 bits per heavy atom. The normalized spacial score (nSPS) is 14.9. The number of anilines is 2. The summed E-state index contributed by atoms with van der Waals surface area (Å²) in [7, 11) is 2.45. The van der Waals surface area contributed by atoms with Crippen LogP contribution in [0.15, 0.2) is 179 Å². The molecule has 0 spiro atoms. The minimum absolute atomic E-state index is 0.0387. The molecule has 0 atom stereocenters. The fourth-order valence-electron chi connectivity index (χ4n) is 12.7. The molecule has 1 aliphatic heterocycles. The predicted octanol–water partition coefficient (Wildman–Crippen LogP) is 18.2. The Hall–Kier alpha value is -7.80. The number of aromatic nitrogens is 1. The summed E-state index contributed by atoms with van der Waals surface area (Å²) in [5.74, 6) is 1.75. The first-order valence-electron chi connectivity index (χ1n) is 26.2. The number of benzene rings is 9. The van der Waals surface area contributed by atoms with Crippen LogP contribution in [0.3, 0.4) is 0 Å². The summed E-state index contributed by atoms with van der Waals surface area (Å²) in [4.78, 5) is 0. The first-order chi connectivity index (χ1) is 35.8. The second kappa shape index (κ2) is 15.4. The molecule has 1 aliphatic carbocycles. The smallest absolute Gasteiger partial charge is 0.197 e. The molecule has 9 aromatic carbocycles. The molecule has 74 heavy (non-hydrogen) atoms. The average molecular weight is 974 g/mol. The Bertz CT molecular complexity index is 4500. The molecule has 0 saturated heterocycles. The second-order valence-electron chi connectivity index (χ2n) is 23.4. The van der Waals surface area contributed by atoms with Crippen LogP contribution in [-0.4, -0.2) is 11.8 Å². The highest BCUT2D eigenvalue weighted by Gasteiger charge is 2.38. The van der Waals surface area contributed by atoms with Crippen LogP contribution >= 0.6 is 11.3 Å². The van der Waals surface area contributed by atoms with Crippen LogP contribution in [0.2, 0.25) is 0 Å². The van der Waals surface area contributed by atoms with E-state index in [0.29, 0.717) is 0 Å². The standard InChI is InChI=1S/C68H54BN2O2S/c1-66(2,3)40-22-24-41(25-23-40)70-55-37-59-47(48-31-52-53(36-58(48)72-59)68(6,7)29-28-67(52,4)5)30-45(55)43-26-27-44-46-35-61-49(42-20-14-15-21-60(42)74-61)33-56(46)71-57-34-51-50(32-54(57)69-62(43)63(44)71)64(38-16-10-8-11-17-38)73-65(51)39-18-12-9-13-19-39/h8-27,30-37,70H,28-29H2,1-7H3. The van der Waals surface area contributed by atoms with Crippen molar-refractivity contribution in [3.8, 4) is 39.5 Å². The van der Waals surface area contributed by atoms with E-state index in [1.54, 1.807) is 0 Å². The van der Waals surface area contributed by atoms with Gasteiger partial charge in [-0.05, 0) is 111 Å². The maximum atomic E-state index is 7.05. The highest BCUT2D eigenvalue weighted by atomic mass is 32.1. The maximum absolute atomic E-state index is 7.05. The monoisotopic (exact) mass is 973 g/mol. The van der Waals surface area contributed by atoms with Gasteiger partial charge in [0.25, 0.3) is 0 Å². The van der Waals surface area contributed by atoms with Crippen molar-refractivity contribution in [2.45, 2.75) is 77.6 Å². The second-order valence-corrected chi connectivity index (χ2v) is 24.5. The average Bonchev–Trinajstić information content (AvgIpc) is 4.20. The number of thiophene rings is 1. The van der Waals surface area contributed by atoms with E-state index in [2.05, 4.69) is 235 Å². The Labute approximate surface area is 435 Å². The SMILES string of the molecule is CC(C)(C)c1ccc(Nc2cc3oc4cc5c(cc4c3cc2-c2ccc3c4cc6sc7ccccc7c6cc4n4c3c2[B]c2cc3c(-c6ccccc6)oc(-c6ccccc6)c3cc2-4)C(C)(C)CCC5(C)C)cc1. The highest BCUT2D eigenvalue weighted by Crippen LogP contribution is 2.50. The fraction of sp³-hybridized carbons (Fsp3) is 0.176. The molecule has 0 amide bonds. The molecule has 13 aromatic rings. The zero-order valence-corrected chi connectivity index (χ0v) is 43.6. The number of nitrogens with one attached hydrogen (secondary N) is 1. The molecule has 2 aliphatic rings. The van der Waals surface area contributed by atoms with Gasteiger partial charge in [-0.2, -0.15) is 0 Å². The summed E-state index contributed by atoms with van der Waals surface area (Å²) in [6.45, 7) is 16.4. The van der Waals surface area contributed by atoms with Crippen molar-refractivity contribution < 1.29 is 8.83 Å². The molecule has 1 radical (unpaired) electrons. The molecular weight excluding hydrogens is 920 g/mol. The van der Waals surface area contributed by atoms with Crippen molar-refractivity contribution >= 4 is 116 Å². The van der Waals surface area contributed by atoms with Crippen molar-refractivity contribution in [1.82, 2.24) is 4.57 Å². The summed E-state index contributed by atoms with van der Waals surface area (Å²) < 4.78 is 19.2. The van der Waals surface area contributed by atoms with Gasteiger partial charge in [0.1, 0.15) is 22.7 Å². The minimum atomic E-state index is 0.0387. The summed E-state index contributed by atoms with van der Waals surface area (Å²) in [5.41, 5.74) is 18.4. The van der Waals surface area contributed by atoms with Gasteiger partial charge in [0, 0.05) is 92.1 Å². The van der Waals surface area contributed by atoms with Crippen LogP contribution in [0, 0.1) is 0 Å². The minimum Gasteiger partial charge on any atom is -0.456 e. The third-order valence-corrected chi connectivity index (χ3v) is 18.0. The van der Waals surface area contributed by atoms with Crippen LogP contribution in [0.4, 0.5) is 11.4 Å². The van der Waals surface area contributed by atoms with Crippen molar-refractivity contribution in [2.75, 3.05) is 5.32 Å². The molecule has 6 heteroatoms. The van der Waals surface area contributed by atoms with Crippen molar-refractivity contribution in [3.05, 3.63) is 187 Å². The zero-order valence-electron chi connectivity index (χ0n) is 42.8. The molecule has 5 heterocycles. The molecule has 0 saturated carbocycles. The quantitative estimate of drug-likeness (QED) is 0.175. The van der Waals surface area contributed by atoms with E-state index in [-0.39, 0.29) is 16.2 Å². The highest BCUT2D eigenvalue weighted by molar-refractivity contribution is 7.25. The number of rotatable bonds is 5. The predicted molar refractivity (Wildman–Crippen MR) is 316 cm³/mol. The third kappa shape index (κ3) is 6.46. The Balaban J connectivity index is 1.03. The van der Waals surface area contributed by atoms with E-state index in [9.17, 15) is 0 Å². The molecule has 357 valence electrons. The van der Waals surface area contributed by atoms with Gasteiger partial charge in [0.05, 0.1) is 11.2 Å². The lowest BCUT2D eigenvalue weighted by molar-refractivity contribution is 0.332. The van der Waals surface area contributed by atoms with E-state index in [4.69, 9.17) is 8.83 Å². The summed E-state index contributed by atoms with van der Waals surface area (Å²) in [5, 5.41) is 13.5. The van der Waals surface area contributed by atoms with Crippen molar-refractivity contribution in [2.24, 2.45) is 0 Å². The van der Waals surface area contributed by atoms with Crippen LogP contribution in [0.1, 0.15) is 78.0 Å². The van der Waals surface area contributed by atoms with Crippen LogP contribution in [0.5, 0.6) is 0 Å². The fourth-order valence-corrected chi connectivity index (χ4v) is 13.8.